The SMILES string of the molecule is Cc1cc(Oc2nccnc2C)c(C(C)C)cc1N. The van der Waals surface area contributed by atoms with Crippen molar-refractivity contribution in [2.45, 2.75) is 33.6 Å². The number of aromatic nitrogens is 2. The number of rotatable bonds is 3. The van der Waals surface area contributed by atoms with Crippen LogP contribution in [0, 0.1) is 13.8 Å². The summed E-state index contributed by atoms with van der Waals surface area (Å²) in [5.74, 6) is 1.66. The Morgan fingerprint density at radius 2 is 1.79 bits per heavy atom. The summed E-state index contributed by atoms with van der Waals surface area (Å²) in [5.41, 5.74) is 9.60. The zero-order chi connectivity index (χ0) is 14.0. The molecule has 4 nitrogen and oxygen atoms in total. The molecule has 1 aromatic carbocycles. The Balaban J connectivity index is 2.45. The molecule has 0 saturated heterocycles. The first-order valence-corrected chi connectivity index (χ1v) is 6.34. The van der Waals surface area contributed by atoms with Crippen molar-refractivity contribution < 1.29 is 4.74 Å². The van der Waals surface area contributed by atoms with Crippen molar-refractivity contribution in [2.75, 3.05) is 5.73 Å². The number of nitrogens with two attached hydrogens (primary N) is 1. The summed E-state index contributed by atoms with van der Waals surface area (Å²) in [6.07, 6.45) is 3.28. The third kappa shape index (κ3) is 2.84. The summed E-state index contributed by atoms with van der Waals surface area (Å²) < 4.78 is 5.91. The molecule has 1 heterocycles. The molecule has 0 radical (unpaired) electrons. The Morgan fingerprint density at radius 1 is 1.11 bits per heavy atom. The fourth-order valence-electron chi connectivity index (χ4n) is 1.85. The van der Waals surface area contributed by atoms with E-state index in [9.17, 15) is 0 Å². The smallest absolute Gasteiger partial charge is 0.240 e. The number of ether oxygens (including phenoxy) is 1. The monoisotopic (exact) mass is 257 g/mol. The Morgan fingerprint density at radius 3 is 2.42 bits per heavy atom. The van der Waals surface area contributed by atoms with Gasteiger partial charge in [0, 0.05) is 18.1 Å². The van der Waals surface area contributed by atoms with Gasteiger partial charge < -0.3 is 10.5 Å². The maximum atomic E-state index is 5.97. The lowest BCUT2D eigenvalue weighted by molar-refractivity contribution is 0.447. The van der Waals surface area contributed by atoms with Gasteiger partial charge in [-0.2, -0.15) is 0 Å². The van der Waals surface area contributed by atoms with Crippen LogP contribution in [0.2, 0.25) is 0 Å². The lowest BCUT2D eigenvalue weighted by Gasteiger charge is -2.16. The fourth-order valence-corrected chi connectivity index (χ4v) is 1.85. The molecule has 2 aromatic rings. The van der Waals surface area contributed by atoms with E-state index in [0.29, 0.717) is 11.8 Å². The van der Waals surface area contributed by atoms with Crippen molar-refractivity contribution in [3.8, 4) is 11.6 Å². The third-order valence-corrected chi connectivity index (χ3v) is 3.06. The van der Waals surface area contributed by atoms with Gasteiger partial charge >= 0.3 is 0 Å². The average molecular weight is 257 g/mol. The van der Waals surface area contributed by atoms with Crippen LogP contribution in [0.1, 0.15) is 36.6 Å². The van der Waals surface area contributed by atoms with Crippen LogP contribution in [-0.2, 0) is 0 Å². The van der Waals surface area contributed by atoms with Crippen molar-refractivity contribution in [3.63, 3.8) is 0 Å². The van der Waals surface area contributed by atoms with E-state index in [0.717, 1.165) is 28.3 Å². The highest BCUT2D eigenvalue weighted by Gasteiger charge is 2.13. The van der Waals surface area contributed by atoms with Crippen LogP contribution in [0.25, 0.3) is 0 Å². The molecule has 1 aromatic heterocycles. The number of nitrogens with zero attached hydrogens (tertiary/aromatic N) is 2. The number of anilines is 1. The van der Waals surface area contributed by atoms with E-state index in [2.05, 4.69) is 23.8 Å². The van der Waals surface area contributed by atoms with E-state index in [1.165, 1.54) is 0 Å². The first kappa shape index (κ1) is 13.3. The molecule has 2 rings (SSSR count). The predicted molar refractivity (Wildman–Crippen MR) is 76.5 cm³/mol. The highest BCUT2D eigenvalue weighted by molar-refractivity contribution is 5.55. The van der Waals surface area contributed by atoms with Gasteiger partial charge in [0.2, 0.25) is 5.88 Å². The van der Waals surface area contributed by atoms with Crippen LogP contribution in [0.3, 0.4) is 0 Å². The normalized spacial score (nSPS) is 10.8. The van der Waals surface area contributed by atoms with Crippen LogP contribution >= 0.6 is 0 Å². The molecular weight excluding hydrogens is 238 g/mol. The van der Waals surface area contributed by atoms with Crippen LogP contribution < -0.4 is 10.5 Å². The van der Waals surface area contributed by atoms with Crippen LogP contribution in [-0.4, -0.2) is 9.97 Å². The first-order chi connectivity index (χ1) is 8.99. The molecule has 0 fully saturated rings. The number of hydrogen-bond donors (Lipinski definition) is 1. The van der Waals surface area contributed by atoms with E-state index in [-0.39, 0.29) is 0 Å². The molecule has 0 spiro atoms. The minimum absolute atomic E-state index is 0.329. The second-order valence-electron chi connectivity index (χ2n) is 4.95. The molecule has 4 heteroatoms. The van der Waals surface area contributed by atoms with Crippen molar-refractivity contribution in [1.82, 2.24) is 9.97 Å². The molecule has 0 atom stereocenters. The standard InChI is InChI=1S/C15H19N3O/c1-9(2)12-8-13(16)10(3)7-14(12)19-15-11(4)17-5-6-18-15/h5-9H,16H2,1-4H3. The van der Waals surface area contributed by atoms with Crippen LogP contribution in [0.5, 0.6) is 11.6 Å². The second-order valence-corrected chi connectivity index (χ2v) is 4.95. The summed E-state index contributed by atoms with van der Waals surface area (Å²) in [4.78, 5) is 8.39. The lowest BCUT2D eigenvalue weighted by Crippen LogP contribution is -2.00. The van der Waals surface area contributed by atoms with E-state index in [1.807, 2.05) is 26.0 Å². The minimum Gasteiger partial charge on any atom is -0.437 e. The number of nitrogen functional groups attached to an aromatic ring is 1. The van der Waals surface area contributed by atoms with Gasteiger partial charge in [0.1, 0.15) is 5.75 Å². The van der Waals surface area contributed by atoms with Crippen molar-refractivity contribution in [1.29, 1.82) is 0 Å². The summed E-state index contributed by atoms with van der Waals surface area (Å²) >= 11 is 0. The molecule has 100 valence electrons. The number of hydrogen-bond acceptors (Lipinski definition) is 4. The van der Waals surface area contributed by atoms with E-state index in [1.54, 1.807) is 12.4 Å². The highest BCUT2D eigenvalue weighted by atomic mass is 16.5. The topological polar surface area (TPSA) is 61.0 Å². The minimum atomic E-state index is 0.329. The van der Waals surface area contributed by atoms with Gasteiger partial charge in [-0.1, -0.05) is 13.8 Å². The Hall–Kier alpha value is -2.10. The largest absolute Gasteiger partial charge is 0.437 e. The summed E-state index contributed by atoms with van der Waals surface area (Å²) in [7, 11) is 0. The molecule has 19 heavy (non-hydrogen) atoms. The molecule has 0 saturated carbocycles. The van der Waals surface area contributed by atoms with E-state index >= 15 is 0 Å². The molecule has 2 N–H and O–H groups in total. The van der Waals surface area contributed by atoms with Gasteiger partial charge in [0.05, 0.1) is 5.69 Å². The van der Waals surface area contributed by atoms with Gasteiger partial charge in [-0.05, 0) is 43.0 Å². The molecule has 0 amide bonds. The molecule has 0 unspecified atom stereocenters. The maximum Gasteiger partial charge on any atom is 0.240 e. The second kappa shape index (κ2) is 5.26. The van der Waals surface area contributed by atoms with Crippen molar-refractivity contribution in [2.24, 2.45) is 0 Å². The molecule has 0 aliphatic rings. The van der Waals surface area contributed by atoms with Crippen LogP contribution in [0.4, 0.5) is 5.69 Å². The van der Waals surface area contributed by atoms with E-state index in [4.69, 9.17) is 10.5 Å². The summed E-state index contributed by atoms with van der Waals surface area (Å²) in [6.45, 7) is 8.07. The average Bonchev–Trinajstić information content (AvgIpc) is 2.36. The van der Waals surface area contributed by atoms with Gasteiger partial charge in [-0.15, -0.1) is 0 Å². The van der Waals surface area contributed by atoms with Crippen LogP contribution in [0.15, 0.2) is 24.5 Å². The fraction of sp³-hybridized carbons (Fsp3) is 0.333. The highest BCUT2D eigenvalue weighted by Crippen LogP contribution is 2.33. The third-order valence-electron chi connectivity index (χ3n) is 3.06. The zero-order valence-electron chi connectivity index (χ0n) is 11.8. The lowest BCUT2D eigenvalue weighted by atomic mass is 9.99. The van der Waals surface area contributed by atoms with Crippen molar-refractivity contribution >= 4 is 5.69 Å². The quantitative estimate of drug-likeness (QED) is 0.853. The van der Waals surface area contributed by atoms with Gasteiger partial charge in [-0.25, -0.2) is 4.98 Å². The Labute approximate surface area is 113 Å². The molecule has 0 bridgehead atoms. The predicted octanol–water partition coefficient (Wildman–Crippen LogP) is 3.59. The zero-order valence-corrected chi connectivity index (χ0v) is 11.8. The summed E-state index contributed by atoms with van der Waals surface area (Å²) in [5, 5.41) is 0. The molecule has 0 aliphatic carbocycles. The molecule has 0 aliphatic heterocycles. The van der Waals surface area contributed by atoms with Gasteiger partial charge in [-0.3, -0.25) is 4.98 Å². The number of benzene rings is 1. The van der Waals surface area contributed by atoms with E-state index < -0.39 is 0 Å². The Bertz CT molecular complexity index is 594. The van der Waals surface area contributed by atoms with Gasteiger partial charge in [0.15, 0.2) is 0 Å². The summed E-state index contributed by atoms with van der Waals surface area (Å²) in [6, 6.07) is 3.93. The van der Waals surface area contributed by atoms with Gasteiger partial charge in [0.25, 0.3) is 0 Å². The maximum absolute atomic E-state index is 5.97. The molecular formula is C15H19N3O. The number of aryl methyl sites for hydroxylation is 2. The van der Waals surface area contributed by atoms with Crippen molar-refractivity contribution in [3.05, 3.63) is 41.3 Å². The first-order valence-electron chi connectivity index (χ1n) is 6.34. The Kier molecular flexibility index (Phi) is 3.69.